The van der Waals surface area contributed by atoms with Gasteiger partial charge in [-0.25, -0.2) is 9.78 Å². The smallest absolute Gasteiger partial charge is 0.422 e. The molecule has 20 heavy (non-hydrogen) atoms. The van der Waals surface area contributed by atoms with E-state index in [4.69, 9.17) is 9.84 Å². The zero-order valence-electron chi connectivity index (χ0n) is 10.9. The highest BCUT2D eigenvalue weighted by molar-refractivity contribution is 5.82. The summed E-state index contributed by atoms with van der Waals surface area (Å²) in [5.41, 5.74) is -3.18. The van der Waals surface area contributed by atoms with Crippen LogP contribution in [0.25, 0.3) is 0 Å². The number of carboxylic acids is 1. The van der Waals surface area contributed by atoms with Crippen LogP contribution >= 0.6 is 0 Å². The van der Waals surface area contributed by atoms with Crippen molar-refractivity contribution in [3.8, 4) is 5.88 Å². The molecular weight excluding hydrogens is 279 g/mol. The lowest BCUT2D eigenvalue weighted by Gasteiger charge is -2.28. The Morgan fingerprint density at radius 3 is 2.65 bits per heavy atom. The first-order valence-corrected chi connectivity index (χ1v) is 5.75. The molecule has 6 nitrogen and oxygen atoms in total. The zero-order chi connectivity index (χ0) is 15.4. The van der Waals surface area contributed by atoms with E-state index in [2.05, 4.69) is 9.97 Å². The summed E-state index contributed by atoms with van der Waals surface area (Å²) in [7, 11) is 0. The summed E-state index contributed by atoms with van der Waals surface area (Å²) in [5.74, 6) is -2.48. The number of carbonyl (C=O) groups is 1. The van der Waals surface area contributed by atoms with Gasteiger partial charge in [-0.2, -0.15) is 18.2 Å². The van der Waals surface area contributed by atoms with Gasteiger partial charge in [0.25, 0.3) is 0 Å². The van der Waals surface area contributed by atoms with Crippen LogP contribution in [-0.4, -0.2) is 39.4 Å². The standard InChI is InChI=1S/C11H14F3N3O3/c1-3-6-20-7-4-5-15-9(16-7)17-10(2,8(18)19)11(12,13)14/h4-5H,3,6H2,1-2H3,(H,18,19)(H,15,16,17). The van der Waals surface area contributed by atoms with E-state index in [1.165, 1.54) is 12.3 Å². The molecule has 1 heterocycles. The summed E-state index contributed by atoms with van der Waals surface area (Å²) in [6, 6.07) is 1.37. The lowest BCUT2D eigenvalue weighted by atomic mass is 10.0. The maximum atomic E-state index is 12.8. The highest BCUT2D eigenvalue weighted by Crippen LogP contribution is 2.33. The summed E-state index contributed by atoms with van der Waals surface area (Å²) >= 11 is 0. The minimum Gasteiger partial charge on any atom is -0.479 e. The van der Waals surface area contributed by atoms with Crippen LogP contribution in [0, 0.1) is 0 Å². The summed E-state index contributed by atoms with van der Waals surface area (Å²) in [5, 5.41) is 10.6. The molecule has 0 fully saturated rings. The fraction of sp³-hybridized carbons (Fsp3) is 0.545. The van der Waals surface area contributed by atoms with Crippen LogP contribution in [0.4, 0.5) is 19.1 Å². The predicted octanol–water partition coefficient (Wildman–Crippen LogP) is 2.08. The Labute approximate surface area is 113 Å². The molecule has 0 aromatic carbocycles. The van der Waals surface area contributed by atoms with Gasteiger partial charge in [0.2, 0.25) is 17.4 Å². The molecule has 0 radical (unpaired) electrons. The van der Waals surface area contributed by atoms with Crippen molar-refractivity contribution in [3.63, 3.8) is 0 Å². The monoisotopic (exact) mass is 293 g/mol. The molecule has 0 aliphatic heterocycles. The zero-order valence-corrected chi connectivity index (χ0v) is 10.9. The minimum absolute atomic E-state index is 0.0688. The second kappa shape index (κ2) is 5.93. The van der Waals surface area contributed by atoms with Gasteiger partial charge in [0, 0.05) is 12.3 Å². The number of ether oxygens (including phenoxy) is 1. The molecule has 2 N–H and O–H groups in total. The molecule has 0 saturated carbocycles. The first kappa shape index (κ1) is 16.0. The number of hydrogen-bond donors (Lipinski definition) is 2. The van der Waals surface area contributed by atoms with E-state index in [1.54, 1.807) is 5.32 Å². The van der Waals surface area contributed by atoms with Gasteiger partial charge in [0.05, 0.1) is 6.61 Å². The average Bonchev–Trinajstić information content (AvgIpc) is 2.35. The SMILES string of the molecule is CCCOc1ccnc(NC(C)(C(=O)O)C(F)(F)F)n1. The van der Waals surface area contributed by atoms with Gasteiger partial charge in [-0.05, 0) is 13.3 Å². The van der Waals surface area contributed by atoms with Crippen LogP contribution in [0.3, 0.4) is 0 Å². The maximum Gasteiger partial charge on any atom is 0.422 e. The highest BCUT2D eigenvalue weighted by atomic mass is 19.4. The lowest BCUT2D eigenvalue weighted by molar-refractivity contribution is -0.193. The van der Waals surface area contributed by atoms with Gasteiger partial charge in [-0.15, -0.1) is 0 Å². The molecular formula is C11H14F3N3O3. The minimum atomic E-state index is -5.01. The normalized spacial score (nSPS) is 14.4. The number of aromatic nitrogens is 2. The third kappa shape index (κ3) is 3.49. The Morgan fingerprint density at radius 2 is 2.15 bits per heavy atom. The Hall–Kier alpha value is -2.06. The summed E-state index contributed by atoms with van der Waals surface area (Å²) in [6.07, 6.45) is -3.14. The Kier molecular flexibility index (Phi) is 4.74. The van der Waals surface area contributed by atoms with Crippen molar-refractivity contribution in [3.05, 3.63) is 12.3 Å². The Balaban J connectivity index is 2.98. The van der Waals surface area contributed by atoms with Gasteiger partial charge in [-0.1, -0.05) is 6.92 Å². The maximum absolute atomic E-state index is 12.8. The number of halogens is 3. The van der Waals surface area contributed by atoms with Crippen molar-refractivity contribution < 1.29 is 27.8 Å². The number of nitrogens with one attached hydrogen (secondary N) is 1. The average molecular weight is 293 g/mol. The Morgan fingerprint density at radius 1 is 1.50 bits per heavy atom. The van der Waals surface area contributed by atoms with Crippen LogP contribution in [0.2, 0.25) is 0 Å². The second-order valence-corrected chi connectivity index (χ2v) is 4.12. The molecule has 0 amide bonds. The quantitative estimate of drug-likeness (QED) is 0.835. The van der Waals surface area contributed by atoms with Gasteiger partial charge >= 0.3 is 12.1 Å². The van der Waals surface area contributed by atoms with Crippen molar-refractivity contribution >= 4 is 11.9 Å². The number of alkyl halides is 3. The lowest BCUT2D eigenvalue weighted by Crippen LogP contribution is -2.55. The molecule has 1 unspecified atom stereocenters. The summed E-state index contributed by atoms with van der Waals surface area (Å²) < 4.78 is 43.6. The van der Waals surface area contributed by atoms with Crippen molar-refractivity contribution in [1.82, 2.24) is 9.97 Å². The summed E-state index contributed by atoms with van der Waals surface area (Å²) in [6.45, 7) is 2.69. The van der Waals surface area contributed by atoms with E-state index in [9.17, 15) is 18.0 Å². The molecule has 0 aliphatic rings. The summed E-state index contributed by atoms with van der Waals surface area (Å²) in [4.78, 5) is 18.1. The van der Waals surface area contributed by atoms with E-state index < -0.39 is 23.6 Å². The molecule has 1 rings (SSSR count). The van der Waals surface area contributed by atoms with E-state index in [0.29, 0.717) is 20.0 Å². The van der Waals surface area contributed by atoms with Crippen molar-refractivity contribution in [1.29, 1.82) is 0 Å². The van der Waals surface area contributed by atoms with E-state index >= 15 is 0 Å². The number of aliphatic carboxylic acids is 1. The molecule has 0 spiro atoms. The van der Waals surface area contributed by atoms with Crippen LogP contribution < -0.4 is 10.1 Å². The molecule has 1 aromatic heterocycles. The fourth-order valence-corrected chi connectivity index (χ4v) is 1.16. The van der Waals surface area contributed by atoms with Gasteiger partial charge in [-0.3, -0.25) is 0 Å². The first-order valence-electron chi connectivity index (χ1n) is 5.75. The van der Waals surface area contributed by atoms with Crippen LogP contribution in [0.1, 0.15) is 20.3 Å². The first-order chi connectivity index (χ1) is 9.20. The number of anilines is 1. The van der Waals surface area contributed by atoms with Gasteiger partial charge in [0.15, 0.2) is 0 Å². The number of hydrogen-bond acceptors (Lipinski definition) is 5. The third-order valence-corrected chi connectivity index (χ3v) is 2.44. The largest absolute Gasteiger partial charge is 0.479 e. The van der Waals surface area contributed by atoms with Crippen LogP contribution in [-0.2, 0) is 4.79 Å². The van der Waals surface area contributed by atoms with E-state index in [-0.39, 0.29) is 5.88 Å². The van der Waals surface area contributed by atoms with E-state index in [0.717, 1.165) is 0 Å². The van der Waals surface area contributed by atoms with E-state index in [1.807, 2.05) is 6.92 Å². The number of nitrogens with zero attached hydrogens (tertiary/aromatic N) is 2. The molecule has 0 aliphatic carbocycles. The fourth-order valence-electron chi connectivity index (χ4n) is 1.16. The van der Waals surface area contributed by atoms with Crippen molar-refractivity contribution in [2.75, 3.05) is 11.9 Å². The molecule has 0 bridgehead atoms. The highest BCUT2D eigenvalue weighted by Gasteiger charge is 2.58. The van der Waals surface area contributed by atoms with Gasteiger partial charge in [0.1, 0.15) is 0 Å². The van der Waals surface area contributed by atoms with Gasteiger partial charge < -0.3 is 15.2 Å². The van der Waals surface area contributed by atoms with Crippen LogP contribution in [0.5, 0.6) is 5.88 Å². The molecule has 0 saturated heterocycles. The molecule has 1 aromatic rings. The van der Waals surface area contributed by atoms with Crippen molar-refractivity contribution in [2.45, 2.75) is 32.0 Å². The molecule has 9 heteroatoms. The van der Waals surface area contributed by atoms with Crippen LogP contribution in [0.15, 0.2) is 12.3 Å². The second-order valence-electron chi connectivity index (χ2n) is 4.12. The topological polar surface area (TPSA) is 84.3 Å². The molecule has 112 valence electrons. The molecule has 1 atom stereocenters. The predicted molar refractivity (Wildman–Crippen MR) is 63.5 cm³/mol. The third-order valence-electron chi connectivity index (χ3n) is 2.44. The Bertz CT molecular complexity index is 481. The van der Waals surface area contributed by atoms with Crippen molar-refractivity contribution in [2.24, 2.45) is 0 Å². The number of carboxylic acid groups (broad SMARTS) is 1. The number of rotatable bonds is 6.